The normalized spacial score (nSPS) is 10.7. The molecule has 5 nitrogen and oxygen atoms in total. The van der Waals surface area contributed by atoms with Gasteiger partial charge in [0.05, 0.1) is 22.7 Å². The lowest BCUT2D eigenvalue weighted by Crippen LogP contribution is -2.12. The number of nitrogens with one attached hydrogen (secondary N) is 1. The van der Waals surface area contributed by atoms with Crippen molar-refractivity contribution in [1.82, 2.24) is 14.5 Å². The maximum atomic E-state index is 12.7. The molecule has 4 aromatic rings. The second kappa shape index (κ2) is 7.55. The standard InChI is InChI=1S/C21H18N4OS/c1-15-23-20(13-27-15)18-4-2-3-5-19(18)24-21(26)17-8-6-16(7-9-17)12-25-11-10-22-14-25/h2-11,13-14H,12H2,1H3,(H,24,26). The molecule has 0 unspecified atom stereocenters. The number of carbonyl (C=O) groups is 1. The Balaban J connectivity index is 1.51. The molecule has 0 radical (unpaired) electrons. The van der Waals surface area contributed by atoms with Crippen LogP contribution in [-0.4, -0.2) is 20.4 Å². The first-order chi connectivity index (χ1) is 13.2. The van der Waals surface area contributed by atoms with E-state index >= 15 is 0 Å². The fourth-order valence-corrected chi connectivity index (χ4v) is 3.46. The van der Waals surface area contributed by atoms with E-state index in [1.807, 2.05) is 71.6 Å². The van der Waals surface area contributed by atoms with Gasteiger partial charge in [-0.3, -0.25) is 4.79 Å². The number of hydrogen-bond donors (Lipinski definition) is 1. The Bertz CT molecular complexity index is 1050. The molecule has 0 bridgehead atoms. The SMILES string of the molecule is Cc1nc(-c2ccccc2NC(=O)c2ccc(Cn3ccnc3)cc2)cs1. The summed E-state index contributed by atoms with van der Waals surface area (Å²) in [6, 6.07) is 15.3. The molecule has 134 valence electrons. The third-order valence-corrected chi connectivity index (χ3v) is 4.98. The number of aryl methyl sites for hydroxylation is 1. The molecule has 0 fully saturated rings. The van der Waals surface area contributed by atoms with Crippen LogP contribution in [0.2, 0.25) is 0 Å². The highest BCUT2D eigenvalue weighted by Crippen LogP contribution is 2.29. The third kappa shape index (κ3) is 3.96. The van der Waals surface area contributed by atoms with Crippen LogP contribution in [0.25, 0.3) is 11.3 Å². The number of benzene rings is 2. The van der Waals surface area contributed by atoms with Crippen LogP contribution < -0.4 is 5.32 Å². The van der Waals surface area contributed by atoms with Crippen molar-refractivity contribution in [2.75, 3.05) is 5.32 Å². The molecule has 1 N–H and O–H groups in total. The van der Waals surface area contributed by atoms with Gasteiger partial charge in [0.2, 0.25) is 0 Å². The first-order valence-corrected chi connectivity index (χ1v) is 9.44. The Kier molecular flexibility index (Phi) is 4.80. The number of imidazole rings is 1. The molecule has 0 aliphatic carbocycles. The van der Waals surface area contributed by atoms with Crippen molar-refractivity contribution in [1.29, 1.82) is 0 Å². The van der Waals surface area contributed by atoms with E-state index in [-0.39, 0.29) is 5.91 Å². The van der Waals surface area contributed by atoms with Crippen LogP contribution in [0, 0.1) is 6.92 Å². The van der Waals surface area contributed by atoms with Gasteiger partial charge in [0.25, 0.3) is 5.91 Å². The minimum Gasteiger partial charge on any atom is -0.333 e. The van der Waals surface area contributed by atoms with E-state index in [0.717, 1.165) is 34.1 Å². The van der Waals surface area contributed by atoms with Gasteiger partial charge in [-0.05, 0) is 30.7 Å². The minimum absolute atomic E-state index is 0.136. The number of aromatic nitrogens is 3. The maximum absolute atomic E-state index is 12.7. The van der Waals surface area contributed by atoms with Crippen LogP contribution in [0.1, 0.15) is 20.9 Å². The minimum atomic E-state index is -0.136. The van der Waals surface area contributed by atoms with Crippen molar-refractivity contribution in [2.45, 2.75) is 13.5 Å². The second-order valence-corrected chi connectivity index (χ2v) is 7.25. The summed E-state index contributed by atoms with van der Waals surface area (Å²) in [5, 5.41) is 6.01. The molecule has 2 aromatic carbocycles. The van der Waals surface area contributed by atoms with Gasteiger partial charge in [0.1, 0.15) is 0 Å². The maximum Gasteiger partial charge on any atom is 0.255 e. The number of anilines is 1. The molecule has 0 saturated heterocycles. The van der Waals surface area contributed by atoms with Crippen LogP contribution in [0.3, 0.4) is 0 Å². The van der Waals surface area contributed by atoms with Gasteiger partial charge < -0.3 is 9.88 Å². The topological polar surface area (TPSA) is 59.8 Å². The molecule has 0 aliphatic heterocycles. The van der Waals surface area contributed by atoms with Crippen molar-refractivity contribution in [3.63, 3.8) is 0 Å². The second-order valence-electron chi connectivity index (χ2n) is 6.18. The quantitative estimate of drug-likeness (QED) is 0.555. The first-order valence-electron chi connectivity index (χ1n) is 8.56. The summed E-state index contributed by atoms with van der Waals surface area (Å²) in [6.07, 6.45) is 5.44. The highest BCUT2D eigenvalue weighted by atomic mass is 32.1. The van der Waals surface area contributed by atoms with E-state index in [0.29, 0.717) is 5.56 Å². The summed E-state index contributed by atoms with van der Waals surface area (Å²) in [7, 11) is 0. The van der Waals surface area contributed by atoms with Gasteiger partial charge in [-0.1, -0.05) is 30.3 Å². The van der Waals surface area contributed by atoms with Crippen molar-refractivity contribution in [2.24, 2.45) is 0 Å². The van der Waals surface area contributed by atoms with Crippen LogP contribution in [0.5, 0.6) is 0 Å². The zero-order valence-electron chi connectivity index (χ0n) is 14.8. The number of thiazole rings is 1. The first kappa shape index (κ1) is 17.2. The molecule has 27 heavy (non-hydrogen) atoms. The predicted molar refractivity (Wildman–Crippen MR) is 108 cm³/mol. The molecule has 1 amide bonds. The van der Waals surface area contributed by atoms with E-state index in [1.54, 1.807) is 23.9 Å². The summed E-state index contributed by atoms with van der Waals surface area (Å²) in [5.74, 6) is -0.136. The molecule has 0 aliphatic rings. The fourth-order valence-electron chi connectivity index (χ4n) is 2.85. The lowest BCUT2D eigenvalue weighted by atomic mass is 10.1. The molecule has 6 heteroatoms. The average molecular weight is 374 g/mol. The summed E-state index contributed by atoms with van der Waals surface area (Å²) >= 11 is 1.60. The summed E-state index contributed by atoms with van der Waals surface area (Å²) in [6.45, 7) is 2.70. The Morgan fingerprint density at radius 1 is 1.15 bits per heavy atom. The van der Waals surface area contributed by atoms with Gasteiger partial charge in [-0.25, -0.2) is 9.97 Å². The predicted octanol–water partition coefficient (Wildman–Crippen LogP) is 4.62. The van der Waals surface area contributed by atoms with Crippen molar-refractivity contribution >= 4 is 22.9 Å². The summed E-state index contributed by atoms with van der Waals surface area (Å²) in [4.78, 5) is 21.3. The van der Waals surface area contributed by atoms with Crippen molar-refractivity contribution in [3.8, 4) is 11.3 Å². The Morgan fingerprint density at radius 3 is 2.67 bits per heavy atom. The van der Waals surface area contributed by atoms with Crippen LogP contribution in [0.4, 0.5) is 5.69 Å². The Morgan fingerprint density at radius 2 is 1.96 bits per heavy atom. The average Bonchev–Trinajstić information content (AvgIpc) is 3.34. The molecule has 0 atom stereocenters. The van der Waals surface area contributed by atoms with Crippen molar-refractivity contribution in [3.05, 3.63) is 88.8 Å². The number of rotatable bonds is 5. The molecule has 2 aromatic heterocycles. The van der Waals surface area contributed by atoms with Gasteiger partial charge >= 0.3 is 0 Å². The summed E-state index contributed by atoms with van der Waals surface area (Å²) < 4.78 is 1.99. The zero-order chi connectivity index (χ0) is 18.6. The number of hydrogen-bond acceptors (Lipinski definition) is 4. The van der Waals surface area contributed by atoms with Gasteiger partial charge in [-0.15, -0.1) is 11.3 Å². The van der Waals surface area contributed by atoms with E-state index in [1.165, 1.54) is 0 Å². The number of para-hydroxylation sites is 1. The molecule has 0 saturated carbocycles. The Labute approximate surface area is 161 Å². The highest BCUT2D eigenvalue weighted by molar-refractivity contribution is 7.09. The molecular formula is C21H18N4OS. The zero-order valence-corrected chi connectivity index (χ0v) is 15.6. The number of carbonyl (C=O) groups excluding carboxylic acids is 1. The smallest absolute Gasteiger partial charge is 0.255 e. The summed E-state index contributed by atoms with van der Waals surface area (Å²) in [5.41, 5.74) is 4.29. The number of amides is 1. The van der Waals surface area contributed by atoms with E-state index < -0.39 is 0 Å². The van der Waals surface area contributed by atoms with E-state index in [2.05, 4.69) is 15.3 Å². The third-order valence-electron chi connectivity index (χ3n) is 4.21. The Hall–Kier alpha value is -3.25. The van der Waals surface area contributed by atoms with Crippen molar-refractivity contribution < 1.29 is 4.79 Å². The molecule has 0 spiro atoms. The van der Waals surface area contributed by atoms with Crippen LogP contribution >= 0.6 is 11.3 Å². The fraction of sp³-hybridized carbons (Fsp3) is 0.0952. The molecule has 2 heterocycles. The number of nitrogens with zero attached hydrogens (tertiary/aromatic N) is 3. The molecule has 4 rings (SSSR count). The lowest BCUT2D eigenvalue weighted by Gasteiger charge is -2.10. The largest absolute Gasteiger partial charge is 0.333 e. The monoisotopic (exact) mass is 374 g/mol. The van der Waals surface area contributed by atoms with Gasteiger partial charge in [0.15, 0.2) is 0 Å². The van der Waals surface area contributed by atoms with E-state index in [4.69, 9.17) is 0 Å². The lowest BCUT2D eigenvalue weighted by molar-refractivity contribution is 0.102. The highest BCUT2D eigenvalue weighted by Gasteiger charge is 2.12. The van der Waals surface area contributed by atoms with Crippen LogP contribution in [0.15, 0.2) is 72.6 Å². The van der Waals surface area contributed by atoms with Gasteiger partial charge in [0, 0.05) is 35.4 Å². The van der Waals surface area contributed by atoms with Gasteiger partial charge in [-0.2, -0.15) is 0 Å². The molecular weight excluding hydrogens is 356 g/mol. The van der Waals surface area contributed by atoms with E-state index in [9.17, 15) is 4.79 Å². The van der Waals surface area contributed by atoms with Crippen LogP contribution in [-0.2, 0) is 6.54 Å².